The van der Waals surface area contributed by atoms with Gasteiger partial charge in [0.2, 0.25) is 0 Å². The Kier molecular flexibility index (Phi) is 2.42. The van der Waals surface area contributed by atoms with Gasteiger partial charge in [0.15, 0.2) is 6.21 Å². The molecule has 0 saturated heterocycles. The number of hydrogen-bond donors (Lipinski definition) is 0. The highest BCUT2D eigenvalue weighted by atomic mass is 14.9. The maximum Gasteiger partial charge on any atom is 0.170 e. The molecule has 1 nitrogen and oxygen atoms in total. The van der Waals surface area contributed by atoms with Crippen molar-refractivity contribution in [1.82, 2.24) is 0 Å². The third-order valence-electron chi connectivity index (χ3n) is 1.45. The SMILES string of the molecule is Cc1cccc(C=[N+](C)C)c1. The van der Waals surface area contributed by atoms with Crippen molar-refractivity contribution in [3.05, 3.63) is 35.4 Å². The second kappa shape index (κ2) is 3.33. The Hall–Kier alpha value is -1.11. The number of rotatable bonds is 1. The van der Waals surface area contributed by atoms with Gasteiger partial charge in [0.1, 0.15) is 14.1 Å². The van der Waals surface area contributed by atoms with Crippen molar-refractivity contribution in [3.63, 3.8) is 0 Å². The number of benzene rings is 1. The fourth-order valence-corrected chi connectivity index (χ4v) is 1.05. The van der Waals surface area contributed by atoms with Gasteiger partial charge >= 0.3 is 0 Å². The normalized spacial score (nSPS) is 9.36. The van der Waals surface area contributed by atoms with E-state index in [4.69, 9.17) is 0 Å². The summed E-state index contributed by atoms with van der Waals surface area (Å²) in [5, 5.41) is 0. The van der Waals surface area contributed by atoms with Crippen molar-refractivity contribution in [2.45, 2.75) is 6.92 Å². The maximum absolute atomic E-state index is 2.17. The van der Waals surface area contributed by atoms with E-state index in [1.54, 1.807) is 0 Å². The van der Waals surface area contributed by atoms with Crippen LogP contribution in [-0.2, 0) is 0 Å². The number of hydrogen-bond acceptors (Lipinski definition) is 0. The Morgan fingerprint density at radius 1 is 1.27 bits per heavy atom. The van der Waals surface area contributed by atoms with Crippen LogP contribution in [0.25, 0.3) is 0 Å². The molecule has 0 radical (unpaired) electrons. The lowest BCUT2D eigenvalue weighted by molar-refractivity contribution is -0.458. The van der Waals surface area contributed by atoms with Crippen LogP contribution in [0.15, 0.2) is 24.3 Å². The highest BCUT2D eigenvalue weighted by Gasteiger charge is 1.91. The first-order valence-corrected chi connectivity index (χ1v) is 3.76. The molecule has 0 saturated carbocycles. The Morgan fingerprint density at radius 2 is 2.00 bits per heavy atom. The predicted octanol–water partition coefficient (Wildman–Crippen LogP) is 1.69. The molecular formula is C10H14N+. The van der Waals surface area contributed by atoms with E-state index in [0.717, 1.165) is 0 Å². The van der Waals surface area contributed by atoms with E-state index in [1.807, 2.05) is 14.1 Å². The summed E-state index contributed by atoms with van der Waals surface area (Å²) in [6.07, 6.45) is 2.10. The Balaban J connectivity index is 2.97. The number of nitrogens with zero attached hydrogens (tertiary/aromatic N) is 1. The van der Waals surface area contributed by atoms with Gasteiger partial charge in [-0.15, -0.1) is 0 Å². The molecule has 0 bridgehead atoms. The topological polar surface area (TPSA) is 3.01 Å². The summed E-state index contributed by atoms with van der Waals surface area (Å²) >= 11 is 0. The molecule has 0 amide bonds. The standard InChI is InChI=1S/C10H14N/c1-9-5-4-6-10(7-9)8-11(2)3/h4-8H,1-3H3/q+1. The zero-order valence-electron chi connectivity index (χ0n) is 7.33. The average molecular weight is 148 g/mol. The van der Waals surface area contributed by atoms with Crippen molar-refractivity contribution in [1.29, 1.82) is 0 Å². The van der Waals surface area contributed by atoms with E-state index < -0.39 is 0 Å². The average Bonchev–Trinajstić information content (AvgIpc) is 1.85. The lowest BCUT2D eigenvalue weighted by atomic mass is 10.1. The zero-order chi connectivity index (χ0) is 8.27. The minimum absolute atomic E-state index is 1.26. The molecular weight excluding hydrogens is 134 g/mol. The Morgan fingerprint density at radius 3 is 2.55 bits per heavy atom. The molecule has 0 N–H and O–H groups in total. The van der Waals surface area contributed by atoms with E-state index in [0.29, 0.717) is 0 Å². The van der Waals surface area contributed by atoms with E-state index in [-0.39, 0.29) is 0 Å². The van der Waals surface area contributed by atoms with Crippen molar-refractivity contribution < 1.29 is 4.58 Å². The molecule has 1 aromatic carbocycles. The third-order valence-corrected chi connectivity index (χ3v) is 1.45. The summed E-state index contributed by atoms with van der Waals surface area (Å²) in [5.74, 6) is 0. The molecule has 0 spiro atoms. The molecule has 0 aromatic heterocycles. The van der Waals surface area contributed by atoms with Crippen LogP contribution in [0.1, 0.15) is 11.1 Å². The van der Waals surface area contributed by atoms with Gasteiger partial charge in [-0.25, -0.2) is 4.58 Å². The van der Waals surface area contributed by atoms with Crippen molar-refractivity contribution in [2.75, 3.05) is 14.1 Å². The summed E-state index contributed by atoms with van der Waals surface area (Å²) in [4.78, 5) is 0. The summed E-state index contributed by atoms with van der Waals surface area (Å²) < 4.78 is 2.05. The zero-order valence-corrected chi connectivity index (χ0v) is 7.33. The fourth-order valence-electron chi connectivity index (χ4n) is 1.05. The van der Waals surface area contributed by atoms with Crippen LogP contribution >= 0.6 is 0 Å². The van der Waals surface area contributed by atoms with Gasteiger partial charge in [-0.2, -0.15) is 0 Å². The third kappa shape index (κ3) is 2.54. The lowest BCUT2D eigenvalue weighted by Crippen LogP contribution is -1.99. The quantitative estimate of drug-likeness (QED) is 0.421. The molecule has 0 fully saturated rings. The fraction of sp³-hybridized carbons (Fsp3) is 0.300. The van der Waals surface area contributed by atoms with Gasteiger partial charge in [-0.3, -0.25) is 0 Å². The lowest BCUT2D eigenvalue weighted by Gasteiger charge is -1.92. The molecule has 0 atom stereocenters. The largest absolute Gasteiger partial charge is 0.241 e. The predicted molar refractivity (Wildman–Crippen MR) is 48.5 cm³/mol. The van der Waals surface area contributed by atoms with E-state index in [9.17, 15) is 0 Å². The van der Waals surface area contributed by atoms with Crippen molar-refractivity contribution >= 4 is 6.21 Å². The first-order chi connectivity index (χ1) is 5.18. The highest BCUT2D eigenvalue weighted by molar-refractivity contribution is 5.75. The second-order valence-corrected chi connectivity index (χ2v) is 3.01. The monoisotopic (exact) mass is 148 g/mol. The van der Waals surface area contributed by atoms with Crippen LogP contribution in [0.5, 0.6) is 0 Å². The summed E-state index contributed by atoms with van der Waals surface area (Å²) in [7, 11) is 4.06. The molecule has 1 heteroatoms. The number of aryl methyl sites for hydroxylation is 1. The van der Waals surface area contributed by atoms with Gasteiger partial charge < -0.3 is 0 Å². The first-order valence-electron chi connectivity index (χ1n) is 3.76. The van der Waals surface area contributed by atoms with Crippen LogP contribution in [-0.4, -0.2) is 24.9 Å². The molecule has 58 valence electrons. The second-order valence-electron chi connectivity index (χ2n) is 3.01. The minimum Gasteiger partial charge on any atom is -0.241 e. The maximum atomic E-state index is 2.17. The Bertz CT molecular complexity index is 270. The van der Waals surface area contributed by atoms with Crippen molar-refractivity contribution in [2.24, 2.45) is 0 Å². The molecule has 11 heavy (non-hydrogen) atoms. The first kappa shape index (κ1) is 7.99. The smallest absolute Gasteiger partial charge is 0.170 e. The van der Waals surface area contributed by atoms with E-state index in [1.165, 1.54) is 11.1 Å². The highest BCUT2D eigenvalue weighted by Crippen LogP contribution is 2.00. The summed E-state index contributed by atoms with van der Waals surface area (Å²) in [6.45, 7) is 2.10. The van der Waals surface area contributed by atoms with E-state index in [2.05, 4.69) is 42.0 Å². The van der Waals surface area contributed by atoms with Crippen LogP contribution in [0.2, 0.25) is 0 Å². The van der Waals surface area contributed by atoms with Crippen LogP contribution in [0, 0.1) is 6.92 Å². The van der Waals surface area contributed by atoms with Crippen LogP contribution < -0.4 is 0 Å². The van der Waals surface area contributed by atoms with Crippen LogP contribution in [0.3, 0.4) is 0 Å². The van der Waals surface area contributed by atoms with Crippen LogP contribution in [0.4, 0.5) is 0 Å². The molecule has 0 heterocycles. The minimum atomic E-state index is 1.26. The molecule has 1 rings (SSSR count). The van der Waals surface area contributed by atoms with Gasteiger partial charge in [0.25, 0.3) is 0 Å². The summed E-state index contributed by atoms with van der Waals surface area (Å²) in [6, 6.07) is 8.45. The van der Waals surface area contributed by atoms with Gasteiger partial charge in [0, 0.05) is 5.56 Å². The van der Waals surface area contributed by atoms with Gasteiger partial charge in [0.05, 0.1) is 0 Å². The van der Waals surface area contributed by atoms with Crippen molar-refractivity contribution in [3.8, 4) is 0 Å². The molecule has 0 aliphatic heterocycles. The molecule has 0 aliphatic carbocycles. The summed E-state index contributed by atoms with van der Waals surface area (Å²) in [5.41, 5.74) is 2.57. The molecule has 1 aromatic rings. The van der Waals surface area contributed by atoms with E-state index >= 15 is 0 Å². The molecule has 0 unspecified atom stereocenters. The van der Waals surface area contributed by atoms with Gasteiger partial charge in [-0.1, -0.05) is 17.7 Å². The van der Waals surface area contributed by atoms with Gasteiger partial charge in [-0.05, 0) is 19.1 Å². The Labute approximate surface area is 68.0 Å². The molecule has 0 aliphatic rings.